The molecule has 2 aromatic heterocycles. The van der Waals surface area contributed by atoms with Gasteiger partial charge >= 0.3 is 0 Å². The first-order valence-electron chi connectivity index (χ1n) is 7.06. The molecule has 0 saturated heterocycles. The Morgan fingerprint density at radius 3 is 2.74 bits per heavy atom. The molecule has 0 aliphatic carbocycles. The third-order valence-electron chi connectivity index (χ3n) is 3.32. The minimum Gasteiger partial charge on any atom is -0.365 e. The molecular weight excluding hydrogens is 361 g/mol. The van der Waals surface area contributed by atoms with Gasteiger partial charge in [-0.2, -0.15) is 5.10 Å². The van der Waals surface area contributed by atoms with Crippen LogP contribution in [0.2, 0.25) is 0 Å². The summed E-state index contributed by atoms with van der Waals surface area (Å²) in [7, 11) is 0. The number of anilines is 1. The molecule has 0 bridgehead atoms. The molecule has 3 aromatic rings. The molecule has 5 nitrogen and oxygen atoms in total. The van der Waals surface area contributed by atoms with E-state index in [1.165, 1.54) is 12.1 Å². The van der Waals surface area contributed by atoms with Crippen molar-refractivity contribution in [1.29, 1.82) is 0 Å². The summed E-state index contributed by atoms with van der Waals surface area (Å²) in [6.07, 6.45) is 3.31. The molecule has 0 saturated carbocycles. The highest BCUT2D eigenvalue weighted by atomic mass is 79.9. The lowest BCUT2D eigenvalue weighted by Crippen LogP contribution is -2.07. The zero-order valence-corrected chi connectivity index (χ0v) is 14.3. The standard InChI is InChI=1S/C16H15BrFN5/c1-10-5-11(2)23(22-10)16-9-19-8-15(21-16)20-7-12-3-4-13(18)6-14(12)17/h3-6,8-9H,7H2,1-2H3,(H,20,21). The molecule has 1 N–H and O–H groups in total. The molecule has 0 atom stereocenters. The van der Waals surface area contributed by atoms with Gasteiger partial charge in [-0.05, 0) is 37.6 Å². The van der Waals surface area contributed by atoms with Crippen molar-refractivity contribution in [3.63, 3.8) is 0 Å². The van der Waals surface area contributed by atoms with Gasteiger partial charge in [0.2, 0.25) is 0 Å². The van der Waals surface area contributed by atoms with E-state index in [0.717, 1.165) is 17.0 Å². The van der Waals surface area contributed by atoms with E-state index in [1.54, 1.807) is 23.1 Å². The lowest BCUT2D eigenvalue weighted by atomic mass is 10.2. The van der Waals surface area contributed by atoms with Crippen molar-refractivity contribution in [2.24, 2.45) is 0 Å². The first-order chi connectivity index (χ1) is 11.0. The van der Waals surface area contributed by atoms with Crippen molar-refractivity contribution in [3.8, 4) is 5.82 Å². The van der Waals surface area contributed by atoms with Gasteiger partial charge in [0.25, 0.3) is 0 Å². The number of halogens is 2. The number of hydrogen-bond acceptors (Lipinski definition) is 4. The zero-order chi connectivity index (χ0) is 16.4. The van der Waals surface area contributed by atoms with Crippen LogP contribution in [-0.4, -0.2) is 19.7 Å². The predicted octanol–water partition coefficient (Wildman–Crippen LogP) is 3.79. The van der Waals surface area contributed by atoms with Crippen LogP contribution < -0.4 is 5.32 Å². The minimum absolute atomic E-state index is 0.271. The molecule has 2 heterocycles. The smallest absolute Gasteiger partial charge is 0.174 e. The summed E-state index contributed by atoms with van der Waals surface area (Å²) in [6, 6.07) is 6.58. The van der Waals surface area contributed by atoms with E-state index in [-0.39, 0.29) is 5.82 Å². The molecule has 7 heteroatoms. The Bertz CT molecular complexity index is 846. The van der Waals surface area contributed by atoms with Gasteiger partial charge in [0, 0.05) is 16.7 Å². The van der Waals surface area contributed by atoms with E-state index in [2.05, 4.69) is 36.3 Å². The van der Waals surface area contributed by atoms with Gasteiger partial charge in [-0.3, -0.25) is 4.98 Å². The second-order valence-electron chi connectivity index (χ2n) is 5.19. The summed E-state index contributed by atoms with van der Waals surface area (Å²) in [4.78, 5) is 8.72. The third kappa shape index (κ3) is 3.56. The van der Waals surface area contributed by atoms with E-state index in [9.17, 15) is 4.39 Å². The lowest BCUT2D eigenvalue weighted by Gasteiger charge is -2.09. The highest BCUT2D eigenvalue weighted by Gasteiger charge is 2.07. The third-order valence-corrected chi connectivity index (χ3v) is 4.06. The molecule has 0 aliphatic heterocycles. The zero-order valence-electron chi connectivity index (χ0n) is 12.7. The number of nitrogens with one attached hydrogen (secondary N) is 1. The molecule has 1 aromatic carbocycles. The first kappa shape index (κ1) is 15.6. The van der Waals surface area contributed by atoms with Gasteiger partial charge in [-0.15, -0.1) is 0 Å². The van der Waals surface area contributed by atoms with Gasteiger partial charge in [-0.1, -0.05) is 22.0 Å². The number of benzene rings is 1. The maximum atomic E-state index is 13.1. The fourth-order valence-electron chi connectivity index (χ4n) is 2.25. The van der Waals surface area contributed by atoms with E-state index in [4.69, 9.17) is 0 Å². The van der Waals surface area contributed by atoms with Gasteiger partial charge in [0.05, 0.1) is 18.1 Å². The number of rotatable bonds is 4. The molecule has 0 amide bonds. The second-order valence-corrected chi connectivity index (χ2v) is 6.05. The Morgan fingerprint density at radius 2 is 2.04 bits per heavy atom. The van der Waals surface area contributed by atoms with Crippen molar-refractivity contribution in [2.75, 3.05) is 5.32 Å². The van der Waals surface area contributed by atoms with Crippen LogP contribution in [0.5, 0.6) is 0 Å². The summed E-state index contributed by atoms with van der Waals surface area (Å²) in [5.74, 6) is 1.01. The van der Waals surface area contributed by atoms with Crippen LogP contribution in [0.15, 0.2) is 41.1 Å². The molecule has 0 fully saturated rings. The Morgan fingerprint density at radius 1 is 1.22 bits per heavy atom. The second kappa shape index (κ2) is 6.45. The lowest BCUT2D eigenvalue weighted by molar-refractivity contribution is 0.626. The van der Waals surface area contributed by atoms with Crippen LogP contribution in [0.3, 0.4) is 0 Å². The molecule has 0 aliphatic rings. The average molecular weight is 376 g/mol. The SMILES string of the molecule is Cc1cc(C)n(-c2cncc(NCc3ccc(F)cc3Br)n2)n1. The van der Waals surface area contributed by atoms with Crippen molar-refractivity contribution in [1.82, 2.24) is 19.7 Å². The summed E-state index contributed by atoms with van der Waals surface area (Å²) in [6.45, 7) is 4.42. The van der Waals surface area contributed by atoms with Crippen LogP contribution in [0.1, 0.15) is 17.0 Å². The summed E-state index contributed by atoms with van der Waals surface area (Å²) >= 11 is 3.35. The molecule has 0 unspecified atom stereocenters. The quantitative estimate of drug-likeness (QED) is 0.753. The van der Waals surface area contributed by atoms with E-state index < -0.39 is 0 Å². The maximum absolute atomic E-state index is 13.1. The Hall–Kier alpha value is -2.28. The fraction of sp³-hybridized carbons (Fsp3) is 0.188. The summed E-state index contributed by atoms with van der Waals surface area (Å²) in [5, 5.41) is 7.59. The van der Waals surface area contributed by atoms with Crippen molar-refractivity contribution in [2.45, 2.75) is 20.4 Å². The summed E-state index contributed by atoms with van der Waals surface area (Å²) < 4.78 is 15.6. The topological polar surface area (TPSA) is 55.6 Å². The van der Waals surface area contributed by atoms with Crippen LogP contribution in [0.4, 0.5) is 10.2 Å². The number of hydrogen-bond donors (Lipinski definition) is 1. The molecule has 118 valence electrons. The van der Waals surface area contributed by atoms with Crippen molar-refractivity contribution in [3.05, 3.63) is 63.9 Å². The fourth-order valence-corrected chi connectivity index (χ4v) is 2.75. The van der Waals surface area contributed by atoms with Gasteiger partial charge < -0.3 is 5.32 Å². The molecule has 3 rings (SSSR count). The van der Waals surface area contributed by atoms with Crippen LogP contribution in [-0.2, 0) is 6.54 Å². The normalized spacial score (nSPS) is 10.8. The van der Waals surface area contributed by atoms with E-state index in [0.29, 0.717) is 22.7 Å². The first-order valence-corrected chi connectivity index (χ1v) is 7.86. The predicted molar refractivity (Wildman–Crippen MR) is 90.1 cm³/mol. The molecule has 0 spiro atoms. The van der Waals surface area contributed by atoms with E-state index >= 15 is 0 Å². The average Bonchev–Trinajstić information content (AvgIpc) is 2.85. The van der Waals surface area contributed by atoms with Gasteiger partial charge in [0.1, 0.15) is 11.6 Å². The van der Waals surface area contributed by atoms with Crippen molar-refractivity contribution < 1.29 is 4.39 Å². The minimum atomic E-state index is -0.271. The highest BCUT2D eigenvalue weighted by Crippen LogP contribution is 2.19. The van der Waals surface area contributed by atoms with Crippen LogP contribution >= 0.6 is 15.9 Å². The number of aryl methyl sites for hydroxylation is 2. The number of aromatic nitrogens is 4. The van der Waals surface area contributed by atoms with Crippen LogP contribution in [0.25, 0.3) is 5.82 Å². The Balaban J connectivity index is 1.79. The highest BCUT2D eigenvalue weighted by molar-refractivity contribution is 9.10. The monoisotopic (exact) mass is 375 g/mol. The molecular formula is C16H15BrFN5. The van der Waals surface area contributed by atoms with Crippen LogP contribution in [0, 0.1) is 19.7 Å². The van der Waals surface area contributed by atoms with E-state index in [1.807, 2.05) is 19.9 Å². The van der Waals surface area contributed by atoms with Gasteiger partial charge in [0.15, 0.2) is 5.82 Å². The van der Waals surface area contributed by atoms with Gasteiger partial charge in [-0.25, -0.2) is 14.1 Å². The Labute approximate surface area is 141 Å². The largest absolute Gasteiger partial charge is 0.365 e. The summed E-state index contributed by atoms with van der Waals surface area (Å²) in [5.41, 5.74) is 2.86. The molecule has 23 heavy (non-hydrogen) atoms. The Kier molecular flexibility index (Phi) is 4.38. The molecule has 0 radical (unpaired) electrons. The maximum Gasteiger partial charge on any atom is 0.174 e. The van der Waals surface area contributed by atoms with Crippen molar-refractivity contribution >= 4 is 21.7 Å². The number of nitrogens with zero attached hydrogens (tertiary/aromatic N) is 4.